The van der Waals surface area contributed by atoms with E-state index in [1.165, 1.54) is 30.3 Å². The maximum Gasteiger partial charge on any atom is 0.238 e. The van der Waals surface area contributed by atoms with Crippen LogP contribution in [0.2, 0.25) is 0 Å². The molecule has 2 aromatic rings. The largest absolute Gasteiger partial charge is 0.319 e. The zero-order chi connectivity index (χ0) is 21.0. The summed E-state index contributed by atoms with van der Waals surface area (Å²) in [7, 11) is -3.79. The Kier molecular flexibility index (Phi) is 7.02. The van der Waals surface area contributed by atoms with E-state index in [9.17, 15) is 13.2 Å². The number of sulfonamides is 1. The van der Waals surface area contributed by atoms with Gasteiger partial charge in [0.25, 0.3) is 0 Å². The molecule has 3 rings (SSSR count). The van der Waals surface area contributed by atoms with Gasteiger partial charge in [-0.2, -0.15) is 0 Å². The Morgan fingerprint density at radius 2 is 2.10 bits per heavy atom. The highest BCUT2D eigenvalue weighted by atomic mass is 32.2. The fourth-order valence-corrected chi connectivity index (χ4v) is 5.07. The van der Waals surface area contributed by atoms with Crippen molar-refractivity contribution in [2.24, 2.45) is 5.14 Å². The van der Waals surface area contributed by atoms with Gasteiger partial charge in [0.05, 0.1) is 21.7 Å². The maximum absolute atomic E-state index is 12.8. The molecule has 1 aliphatic rings. The van der Waals surface area contributed by atoms with E-state index < -0.39 is 10.0 Å². The summed E-state index contributed by atoms with van der Waals surface area (Å²) in [5.74, 6) is 0.367. The zero-order valence-corrected chi connectivity index (χ0v) is 18.6. The van der Waals surface area contributed by atoms with Crippen LogP contribution in [0.5, 0.6) is 0 Å². The predicted octanol–water partition coefficient (Wildman–Crippen LogP) is 3.49. The Bertz CT molecular complexity index is 1030. The SMILES string of the molecule is CCCn1c(SCC(=O)N(CC)C2=CCCCC2)nc2cc(S(N)(=O)=O)ccc21. The summed E-state index contributed by atoms with van der Waals surface area (Å²) in [4.78, 5) is 19.4. The number of benzene rings is 1. The van der Waals surface area contributed by atoms with E-state index in [-0.39, 0.29) is 10.8 Å². The lowest BCUT2D eigenvalue weighted by molar-refractivity contribution is -0.126. The Balaban J connectivity index is 1.83. The minimum atomic E-state index is -3.79. The van der Waals surface area contributed by atoms with Crippen molar-refractivity contribution in [3.63, 3.8) is 0 Å². The summed E-state index contributed by atoms with van der Waals surface area (Å²) in [6.45, 7) is 5.47. The van der Waals surface area contributed by atoms with Crippen LogP contribution in [0.15, 0.2) is 40.0 Å². The van der Waals surface area contributed by atoms with Gasteiger partial charge in [-0.1, -0.05) is 24.8 Å². The first kappa shape index (κ1) is 21.9. The number of nitrogens with two attached hydrogens (primary N) is 1. The molecule has 158 valence electrons. The molecular formula is C20H28N4O3S2. The molecule has 1 aliphatic carbocycles. The molecule has 0 radical (unpaired) electrons. The molecule has 2 N–H and O–H groups in total. The van der Waals surface area contributed by atoms with E-state index in [4.69, 9.17) is 5.14 Å². The standard InChI is InChI=1S/C20H28N4O3S2/c1-3-12-24-18-11-10-16(29(21,26)27)13-17(18)22-20(24)28-14-19(25)23(4-2)15-8-6-5-7-9-15/h8,10-11,13H,3-7,9,12,14H2,1-2H3,(H2,21,26,27). The van der Waals surface area contributed by atoms with Gasteiger partial charge in [-0.05, 0) is 57.2 Å². The topological polar surface area (TPSA) is 98.3 Å². The van der Waals surface area contributed by atoms with Crippen LogP contribution >= 0.6 is 11.8 Å². The Morgan fingerprint density at radius 1 is 1.31 bits per heavy atom. The number of primary sulfonamides is 1. The third-order valence-electron chi connectivity index (χ3n) is 5.02. The van der Waals surface area contributed by atoms with Crippen molar-refractivity contribution in [1.82, 2.24) is 14.5 Å². The van der Waals surface area contributed by atoms with Gasteiger partial charge in [0, 0.05) is 18.8 Å². The minimum Gasteiger partial charge on any atom is -0.319 e. The zero-order valence-electron chi connectivity index (χ0n) is 16.9. The molecule has 0 atom stereocenters. The third-order valence-corrected chi connectivity index (χ3v) is 6.89. The van der Waals surface area contributed by atoms with Crippen LogP contribution in [0, 0.1) is 0 Å². The second kappa shape index (κ2) is 9.32. The average molecular weight is 437 g/mol. The van der Waals surface area contributed by atoms with Crippen LogP contribution in [0.3, 0.4) is 0 Å². The van der Waals surface area contributed by atoms with Gasteiger partial charge < -0.3 is 9.47 Å². The number of allylic oxidation sites excluding steroid dienone is 2. The fraction of sp³-hybridized carbons (Fsp3) is 0.500. The Morgan fingerprint density at radius 3 is 2.72 bits per heavy atom. The predicted molar refractivity (Wildman–Crippen MR) is 116 cm³/mol. The number of aromatic nitrogens is 2. The fourth-order valence-electron chi connectivity index (χ4n) is 3.62. The number of nitrogens with zero attached hydrogens (tertiary/aromatic N) is 3. The first-order valence-corrected chi connectivity index (χ1v) is 12.5. The van der Waals surface area contributed by atoms with Crippen molar-refractivity contribution in [1.29, 1.82) is 0 Å². The molecule has 0 saturated carbocycles. The van der Waals surface area contributed by atoms with Crippen molar-refractivity contribution in [2.75, 3.05) is 12.3 Å². The quantitative estimate of drug-likeness (QED) is 0.639. The number of hydrogen-bond acceptors (Lipinski definition) is 5. The van der Waals surface area contributed by atoms with E-state index in [1.807, 2.05) is 16.4 Å². The van der Waals surface area contributed by atoms with Crippen LogP contribution in [-0.2, 0) is 21.4 Å². The highest BCUT2D eigenvalue weighted by molar-refractivity contribution is 7.99. The first-order chi connectivity index (χ1) is 13.8. The molecule has 9 heteroatoms. The number of hydrogen-bond donors (Lipinski definition) is 1. The summed E-state index contributed by atoms with van der Waals surface area (Å²) in [6.07, 6.45) is 7.38. The van der Waals surface area contributed by atoms with Crippen LogP contribution < -0.4 is 5.14 Å². The molecule has 1 aromatic carbocycles. The number of carbonyl (C=O) groups is 1. The van der Waals surface area contributed by atoms with Gasteiger partial charge in [0.1, 0.15) is 0 Å². The lowest BCUT2D eigenvalue weighted by Crippen LogP contribution is -2.32. The third kappa shape index (κ3) is 5.02. The lowest BCUT2D eigenvalue weighted by atomic mass is 10.0. The minimum absolute atomic E-state index is 0.0418. The van der Waals surface area contributed by atoms with Gasteiger partial charge in [0.15, 0.2) is 5.16 Å². The number of imidazole rings is 1. The van der Waals surface area contributed by atoms with Crippen molar-refractivity contribution < 1.29 is 13.2 Å². The van der Waals surface area contributed by atoms with Crippen LogP contribution in [0.4, 0.5) is 0 Å². The maximum atomic E-state index is 12.8. The van der Waals surface area contributed by atoms with Crippen LogP contribution in [0.25, 0.3) is 11.0 Å². The number of aryl methyl sites for hydroxylation is 1. The van der Waals surface area contributed by atoms with Crippen molar-refractivity contribution in [3.05, 3.63) is 30.0 Å². The van der Waals surface area contributed by atoms with Gasteiger partial charge in [-0.3, -0.25) is 4.79 Å². The molecule has 1 heterocycles. The second-order valence-electron chi connectivity index (χ2n) is 7.11. The molecular weight excluding hydrogens is 408 g/mol. The molecule has 0 unspecified atom stereocenters. The molecule has 0 fully saturated rings. The highest BCUT2D eigenvalue weighted by Crippen LogP contribution is 2.28. The average Bonchev–Trinajstić information content (AvgIpc) is 3.04. The Hall–Kier alpha value is -1.84. The number of fused-ring (bicyclic) bond motifs is 1. The number of thioether (sulfide) groups is 1. The van der Waals surface area contributed by atoms with Gasteiger partial charge >= 0.3 is 0 Å². The monoisotopic (exact) mass is 436 g/mol. The van der Waals surface area contributed by atoms with Crippen molar-refractivity contribution in [2.45, 2.75) is 62.5 Å². The van der Waals surface area contributed by atoms with E-state index in [0.29, 0.717) is 17.8 Å². The Labute approximate surface area is 176 Å². The molecule has 0 bridgehead atoms. The van der Waals surface area contributed by atoms with E-state index in [1.54, 1.807) is 6.07 Å². The summed E-state index contributed by atoms with van der Waals surface area (Å²) in [5.41, 5.74) is 2.54. The van der Waals surface area contributed by atoms with E-state index >= 15 is 0 Å². The molecule has 1 amide bonds. The van der Waals surface area contributed by atoms with Gasteiger partial charge in [-0.15, -0.1) is 0 Å². The van der Waals surface area contributed by atoms with Gasteiger partial charge in [0.2, 0.25) is 15.9 Å². The lowest BCUT2D eigenvalue weighted by Gasteiger charge is -2.26. The second-order valence-corrected chi connectivity index (χ2v) is 9.61. The number of amides is 1. The summed E-state index contributed by atoms with van der Waals surface area (Å²) >= 11 is 1.39. The van der Waals surface area contributed by atoms with E-state index in [0.717, 1.165) is 48.6 Å². The van der Waals surface area contributed by atoms with E-state index in [2.05, 4.69) is 18.0 Å². The number of rotatable bonds is 8. The van der Waals surface area contributed by atoms with Crippen molar-refractivity contribution in [3.8, 4) is 0 Å². The summed E-state index contributed by atoms with van der Waals surface area (Å²) in [5, 5.41) is 5.96. The van der Waals surface area contributed by atoms with Crippen molar-refractivity contribution >= 4 is 38.7 Å². The molecule has 0 spiro atoms. The number of carbonyl (C=O) groups excluding carboxylic acids is 1. The first-order valence-electron chi connectivity index (χ1n) is 10.0. The van der Waals surface area contributed by atoms with Gasteiger partial charge in [-0.25, -0.2) is 18.5 Å². The van der Waals surface area contributed by atoms with Crippen LogP contribution in [0.1, 0.15) is 46.0 Å². The smallest absolute Gasteiger partial charge is 0.238 e. The highest BCUT2D eigenvalue weighted by Gasteiger charge is 2.20. The summed E-state index contributed by atoms with van der Waals surface area (Å²) in [6, 6.07) is 4.72. The summed E-state index contributed by atoms with van der Waals surface area (Å²) < 4.78 is 25.3. The molecule has 29 heavy (non-hydrogen) atoms. The van der Waals surface area contributed by atoms with Crippen LogP contribution in [-0.4, -0.2) is 41.1 Å². The molecule has 0 saturated heterocycles. The molecule has 7 nitrogen and oxygen atoms in total. The molecule has 1 aromatic heterocycles. The molecule has 0 aliphatic heterocycles. The normalized spacial score (nSPS) is 14.8.